The number of nitrogens with zero attached hydrogens (tertiary/aromatic N) is 2. The Balaban J connectivity index is 1.52. The lowest BCUT2D eigenvalue weighted by Crippen LogP contribution is -2.43. The first kappa shape index (κ1) is 22.6. The summed E-state index contributed by atoms with van der Waals surface area (Å²) in [5.74, 6) is -0.726. The van der Waals surface area contributed by atoms with E-state index >= 15 is 0 Å². The lowest BCUT2D eigenvalue weighted by molar-refractivity contribution is -0.137. The Morgan fingerprint density at radius 1 is 1.18 bits per heavy atom. The molecule has 1 N–H and O–H groups in total. The highest BCUT2D eigenvalue weighted by Crippen LogP contribution is 2.37. The molecule has 4 rings (SSSR count). The molecule has 3 amide bonds. The number of nitrogens with one attached hydrogen (secondary N) is 1. The number of anilines is 1. The van der Waals surface area contributed by atoms with Crippen molar-refractivity contribution in [2.75, 3.05) is 45.0 Å². The van der Waals surface area contributed by atoms with Gasteiger partial charge in [0.1, 0.15) is 5.57 Å². The van der Waals surface area contributed by atoms with Gasteiger partial charge in [0, 0.05) is 13.1 Å². The number of morpholine rings is 1. The Morgan fingerprint density at radius 2 is 1.91 bits per heavy atom. The van der Waals surface area contributed by atoms with E-state index in [4.69, 9.17) is 25.8 Å². The van der Waals surface area contributed by atoms with Crippen LogP contribution in [0, 0.1) is 0 Å². The number of hydrogen-bond donors (Lipinski definition) is 1. The third-order valence-electron chi connectivity index (χ3n) is 5.17. The van der Waals surface area contributed by atoms with E-state index < -0.39 is 11.8 Å². The predicted molar refractivity (Wildman–Crippen MR) is 121 cm³/mol. The number of methoxy groups -OCH3 is 1. The lowest BCUT2D eigenvalue weighted by Gasteiger charge is -2.26. The minimum atomic E-state index is -0.532. The minimum absolute atomic E-state index is 0.0480. The standard InChI is InChI=1S/C23H22ClN3O6/c1-31-19-13-15(11-17-22(29)25-27(23(17)30)16-5-3-2-4-6-16)12-18(24)21(19)33-14-20(28)26-7-9-32-10-8-26/h2-6,11-13H,7-10,14H2,1H3,(H,25,29). The first-order valence-electron chi connectivity index (χ1n) is 10.3. The second-order valence-electron chi connectivity index (χ2n) is 7.29. The van der Waals surface area contributed by atoms with Crippen LogP contribution in [0.25, 0.3) is 6.08 Å². The Morgan fingerprint density at radius 3 is 2.61 bits per heavy atom. The number of hydrogen-bond acceptors (Lipinski definition) is 6. The molecule has 172 valence electrons. The van der Waals surface area contributed by atoms with Gasteiger partial charge in [-0.25, -0.2) is 5.01 Å². The number of rotatable bonds is 6. The fourth-order valence-corrected chi connectivity index (χ4v) is 3.76. The topological polar surface area (TPSA) is 97.4 Å². The van der Waals surface area contributed by atoms with Crippen molar-refractivity contribution >= 4 is 41.1 Å². The maximum absolute atomic E-state index is 12.8. The number of carbonyl (C=O) groups is 3. The van der Waals surface area contributed by atoms with Gasteiger partial charge >= 0.3 is 0 Å². The van der Waals surface area contributed by atoms with Crippen molar-refractivity contribution in [1.82, 2.24) is 10.3 Å². The van der Waals surface area contributed by atoms with Gasteiger partial charge in [0.25, 0.3) is 17.7 Å². The maximum Gasteiger partial charge on any atom is 0.282 e. The molecule has 2 aromatic carbocycles. The van der Waals surface area contributed by atoms with Gasteiger partial charge in [0.2, 0.25) is 0 Å². The third kappa shape index (κ3) is 4.94. The molecule has 2 aliphatic heterocycles. The number of ether oxygens (including phenoxy) is 3. The molecule has 2 fully saturated rings. The quantitative estimate of drug-likeness (QED) is 0.511. The van der Waals surface area contributed by atoms with E-state index in [1.807, 2.05) is 6.07 Å². The fourth-order valence-electron chi connectivity index (χ4n) is 3.48. The molecule has 0 saturated carbocycles. The van der Waals surface area contributed by atoms with Crippen molar-refractivity contribution in [1.29, 1.82) is 0 Å². The van der Waals surface area contributed by atoms with Gasteiger partial charge in [-0.15, -0.1) is 0 Å². The Labute approximate surface area is 195 Å². The zero-order valence-corrected chi connectivity index (χ0v) is 18.6. The van der Waals surface area contributed by atoms with Gasteiger partial charge in [-0.1, -0.05) is 29.8 Å². The summed E-state index contributed by atoms with van der Waals surface area (Å²) in [6.45, 7) is 1.80. The highest BCUT2D eigenvalue weighted by Gasteiger charge is 2.34. The normalized spacial score (nSPS) is 17.3. The summed E-state index contributed by atoms with van der Waals surface area (Å²) in [5.41, 5.74) is 3.51. The van der Waals surface area contributed by atoms with Crippen molar-refractivity contribution < 1.29 is 28.6 Å². The minimum Gasteiger partial charge on any atom is -0.493 e. The first-order chi connectivity index (χ1) is 16.0. The summed E-state index contributed by atoms with van der Waals surface area (Å²) in [7, 11) is 1.43. The molecule has 2 heterocycles. The molecule has 0 aromatic heterocycles. The lowest BCUT2D eigenvalue weighted by atomic mass is 10.1. The van der Waals surface area contributed by atoms with Crippen LogP contribution in [-0.4, -0.2) is 62.6 Å². The highest BCUT2D eigenvalue weighted by atomic mass is 35.5. The first-order valence-corrected chi connectivity index (χ1v) is 10.6. The molecule has 2 saturated heterocycles. The van der Waals surface area contributed by atoms with Crippen LogP contribution in [0.3, 0.4) is 0 Å². The maximum atomic E-state index is 12.8. The summed E-state index contributed by atoms with van der Waals surface area (Å²) in [6.07, 6.45) is 1.43. The van der Waals surface area contributed by atoms with Crippen LogP contribution in [0.1, 0.15) is 5.56 Å². The molecular formula is C23H22ClN3O6. The number of carbonyl (C=O) groups excluding carboxylic acids is 3. The SMILES string of the molecule is COc1cc(C=C2C(=O)NN(c3ccccc3)C2=O)cc(Cl)c1OCC(=O)N1CCOCC1. The Hall–Kier alpha value is -3.56. The molecule has 10 heteroatoms. The second kappa shape index (κ2) is 9.93. The average Bonchev–Trinajstić information content (AvgIpc) is 3.12. The number of benzene rings is 2. The smallest absolute Gasteiger partial charge is 0.282 e. The van der Waals surface area contributed by atoms with Crippen molar-refractivity contribution in [2.45, 2.75) is 0 Å². The van der Waals surface area contributed by atoms with E-state index in [1.54, 1.807) is 35.2 Å². The second-order valence-corrected chi connectivity index (χ2v) is 7.70. The average molecular weight is 472 g/mol. The van der Waals surface area contributed by atoms with Crippen molar-refractivity contribution in [2.24, 2.45) is 0 Å². The largest absolute Gasteiger partial charge is 0.493 e. The van der Waals surface area contributed by atoms with E-state index in [-0.39, 0.29) is 34.6 Å². The molecule has 33 heavy (non-hydrogen) atoms. The Kier molecular flexibility index (Phi) is 6.81. The molecular weight excluding hydrogens is 450 g/mol. The van der Waals surface area contributed by atoms with Crippen LogP contribution in [0.15, 0.2) is 48.0 Å². The molecule has 0 spiro atoms. The molecule has 0 bridgehead atoms. The molecule has 2 aromatic rings. The van der Waals surface area contributed by atoms with Crippen LogP contribution >= 0.6 is 11.6 Å². The monoisotopic (exact) mass is 471 g/mol. The van der Waals surface area contributed by atoms with E-state index in [1.165, 1.54) is 24.3 Å². The molecule has 2 aliphatic rings. The number of para-hydroxylation sites is 1. The summed E-state index contributed by atoms with van der Waals surface area (Å²) < 4.78 is 16.3. The van der Waals surface area contributed by atoms with Crippen molar-refractivity contribution in [3.63, 3.8) is 0 Å². The van der Waals surface area contributed by atoms with Crippen LogP contribution in [0.2, 0.25) is 5.02 Å². The van der Waals surface area contributed by atoms with E-state index in [0.717, 1.165) is 0 Å². The van der Waals surface area contributed by atoms with Crippen molar-refractivity contribution in [3.8, 4) is 11.5 Å². The van der Waals surface area contributed by atoms with Crippen molar-refractivity contribution in [3.05, 3.63) is 58.6 Å². The number of halogens is 1. The zero-order valence-electron chi connectivity index (χ0n) is 17.9. The van der Waals surface area contributed by atoms with Gasteiger partial charge in [-0.2, -0.15) is 0 Å². The predicted octanol–water partition coefficient (Wildman–Crippen LogP) is 2.05. The van der Waals surface area contributed by atoms with Gasteiger partial charge in [-0.3, -0.25) is 19.8 Å². The van der Waals surface area contributed by atoms with E-state index in [2.05, 4.69) is 5.43 Å². The van der Waals surface area contributed by atoms with Gasteiger partial charge < -0.3 is 19.1 Å². The Bertz CT molecular complexity index is 1100. The van der Waals surface area contributed by atoms with Gasteiger partial charge in [0.15, 0.2) is 18.1 Å². The van der Waals surface area contributed by atoms with Gasteiger partial charge in [0.05, 0.1) is 31.0 Å². The highest BCUT2D eigenvalue weighted by molar-refractivity contribution is 6.33. The van der Waals surface area contributed by atoms with Crippen LogP contribution in [0.5, 0.6) is 11.5 Å². The van der Waals surface area contributed by atoms with E-state index in [9.17, 15) is 14.4 Å². The molecule has 0 aliphatic carbocycles. The third-order valence-corrected chi connectivity index (χ3v) is 5.45. The van der Waals surface area contributed by atoms with Crippen LogP contribution in [0.4, 0.5) is 5.69 Å². The van der Waals surface area contributed by atoms with Crippen LogP contribution in [-0.2, 0) is 19.1 Å². The molecule has 9 nitrogen and oxygen atoms in total. The summed E-state index contributed by atoms with van der Waals surface area (Å²) in [5, 5.41) is 1.36. The van der Waals surface area contributed by atoms with Gasteiger partial charge in [-0.05, 0) is 35.9 Å². The van der Waals surface area contributed by atoms with Crippen LogP contribution < -0.4 is 19.9 Å². The molecule has 0 unspecified atom stereocenters. The number of amides is 3. The van der Waals surface area contributed by atoms with E-state index in [0.29, 0.717) is 37.6 Å². The zero-order chi connectivity index (χ0) is 23.4. The summed E-state index contributed by atoms with van der Waals surface area (Å²) in [4.78, 5) is 39.2. The fraction of sp³-hybridized carbons (Fsp3) is 0.261. The summed E-state index contributed by atoms with van der Waals surface area (Å²) >= 11 is 6.39. The number of hydrazine groups is 1. The summed E-state index contributed by atoms with van der Waals surface area (Å²) in [6, 6.07) is 11.9. The molecule has 0 radical (unpaired) electrons. The molecule has 0 atom stereocenters.